The van der Waals surface area contributed by atoms with E-state index in [1.165, 1.54) is 11.3 Å². The van der Waals surface area contributed by atoms with Crippen LogP contribution in [0.1, 0.15) is 26.5 Å². The van der Waals surface area contributed by atoms with Gasteiger partial charge >= 0.3 is 0 Å². The maximum absolute atomic E-state index is 12.4. The highest BCUT2D eigenvalue weighted by Gasteiger charge is 2.23. The number of rotatable bonds is 3. The molecule has 0 aliphatic carbocycles. The summed E-state index contributed by atoms with van der Waals surface area (Å²) in [5.74, 6) is 0.115. The normalized spacial score (nSPS) is 15.2. The van der Waals surface area contributed by atoms with E-state index < -0.39 is 0 Å². The number of piperazine rings is 1. The quantitative estimate of drug-likeness (QED) is 0.777. The maximum atomic E-state index is 12.4. The lowest BCUT2D eigenvalue weighted by molar-refractivity contribution is 0.0597. The summed E-state index contributed by atoms with van der Waals surface area (Å²) in [4.78, 5) is 17.4. The summed E-state index contributed by atoms with van der Waals surface area (Å²) in [5, 5.41) is 11.2. The van der Waals surface area contributed by atoms with Crippen molar-refractivity contribution in [2.45, 2.75) is 20.5 Å². The molecule has 0 saturated carbocycles. The number of thiophene rings is 1. The van der Waals surface area contributed by atoms with Gasteiger partial charge in [0, 0.05) is 31.9 Å². The fourth-order valence-corrected chi connectivity index (χ4v) is 4.19. The van der Waals surface area contributed by atoms with E-state index in [-0.39, 0.29) is 5.91 Å². The largest absolute Gasteiger partial charge is 0.335 e. The van der Waals surface area contributed by atoms with Gasteiger partial charge in [0.05, 0.1) is 17.1 Å². The van der Waals surface area contributed by atoms with Gasteiger partial charge in [-0.05, 0) is 36.9 Å². The topological polar surface area (TPSA) is 52.3 Å². The smallest absolute Gasteiger partial charge is 0.264 e. The van der Waals surface area contributed by atoms with E-state index in [2.05, 4.69) is 11.0 Å². The van der Waals surface area contributed by atoms with Crippen LogP contribution in [0.2, 0.25) is 0 Å². The maximum Gasteiger partial charge on any atom is 0.264 e. The molecule has 0 atom stereocenters. The van der Waals surface area contributed by atoms with Crippen LogP contribution in [0.15, 0.2) is 23.6 Å². The average Bonchev–Trinajstić information content (AvgIpc) is 3.13. The lowest BCUT2D eigenvalue weighted by atomic mass is 10.1. The van der Waals surface area contributed by atoms with Gasteiger partial charge in [-0.3, -0.25) is 9.69 Å². The number of pyridine rings is 1. The molecule has 1 saturated heterocycles. The summed E-state index contributed by atoms with van der Waals surface area (Å²) < 4.78 is 2.61. The fraction of sp³-hybridized carbons (Fsp3) is 0.389. The van der Waals surface area contributed by atoms with E-state index in [1.807, 2.05) is 46.9 Å². The van der Waals surface area contributed by atoms with Crippen LogP contribution in [0.4, 0.5) is 0 Å². The Morgan fingerprint density at radius 2 is 2.04 bits per heavy atom. The third-order valence-corrected chi connectivity index (χ3v) is 5.83. The molecule has 0 bridgehead atoms. The minimum absolute atomic E-state index is 0.115. The molecule has 0 spiro atoms. The summed E-state index contributed by atoms with van der Waals surface area (Å²) in [6, 6.07) is 7.99. The van der Waals surface area contributed by atoms with Crippen LogP contribution >= 0.6 is 23.6 Å². The number of carbonyl (C=O) groups is 1. The SMILES string of the molecule is Cc1cc(C)n(CN2CCN(C(=O)c3cccs3)CC2)c(=S)c1C#N. The van der Waals surface area contributed by atoms with Crippen LogP contribution < -0.4 is 0 Å². The molecular formula is C18H20N4OS2. The van der Waals surface area contributed by atoms with Gasteiger partial charge in [0.2, 0.25) is 0 Å². The molecule has 0 unspecified atom stereocenters. The van der Waals surface area contributed by atoms with E-state index in [0.717, 1.165) is 29.2 Å². The molecule has 0 aromatic carbocycles. The number of hydrogen-bond acceptors (Lipinski definition) is 5. The van der Waals surface area contributed by atoms with Gasteiger partial charge in [0.1, 0.15) is 10.7 Å². The Bertz CT molecular complexity index is 872. The molecule has 0 N–H and O–H groups in total. The number of aromatic nitrogens is 1. The van der Waals surface area contributed by atoms with Crippen LogP contribution in [-0.4, -0.2) is 46.5 Å². The lowest BCUT2D eigenvalue weighted by Gasteiger charge is -2.35. The Labute approximate surface area is 156 Å². The fourth-order valence-electron chi connectivity index (χ4n) is 3.09. The summed E-state index contributed by atoms with van der Waals surface area (Å²) in [7, 11) is 0. The number of nitriles is 1. The molecule has 5 nitrogen and oxygen atoms in total. The zero-order valence-corrected chi connectivity index (χ0v) is 16.0. The Morgan fingerprint density at radius 3 is 2.64 bits per heavy atom. The second-order valence-corrected chi connectivity index (χ2v) is 7.55. The van der Waals surface area contributed by atoms with Crippen LogP contribution in [-0.2, 0) is 6.67 Å². The molecule has 2 aromatic rings. The Kier molecular flexibility index (Phi) is 5.33. The van der Waals surface area contributed by atoms with Crippen molar-refractivity contribution in [2.24, 2.45) is 0 Å². The number of nitrogens with zero attached hydrogens (tertiary/aromatic N) is 4. The number of carbonyl (C=O) groups excluding carboxylic acids is 1. The van der Waals surface area contributed by atoms with Crippen LogP contribution in [0.25, 0.3) is 0 Å². The molecular weight excluding hydrogens is 352 g/mol. The Hall–Kier alpha value is -2.01. The van der Waals surface area contributed by atoms with Crippen molar-refractivity contribution < 1.29 is 4.79 Å². The average molecular weight is 373 g/mol. The van der Waals surface area contributed by atoms with Gasteiger partial charge in [-0.15, -0.1) is 11.3 Å². The monoisotopic (exact) mass is 372 g/mol. The predicted molar refractivity (Wildman–Crippen MR) is 101 cm³/mol. The molecule has 3 rings (SSSR count). The molecule has 2 aromatic heterocycles. The molecule has 130 valence electrons. The van der Waals surface area contributed by atoms with Crippen LogP contribution in [0.5, 0.6) is 0 Å². The Morgan fingerprint density at radius 1 is 1.32 bits per heavy atom. The second-order valence-electron chi connectivity index (χ2n) is 6.22. The first-order valence-corrected chi connectivity index (χ1v) is 9.46. The standard InChI is InChI=1S/C18H20N4OS2/c1-13-10-14(2)22(18(24)15(13)11-19)12-20-5-7-21(8-6-20)17(23)16-4-3-9-25-16/h3-4,9-10H,5-8,12H2,1-2H3. The molecule has 1 fully saturated rings. The lowest BCUT2D eigenvalue weighted by Crippen LogP contribution is -2.49. The summed E-state index contributed by atoms with van der Waals surface area (Å²) in [6.07, 6.45) is 0. The highest BCUT2D eigenvalue weighted by Crippen LogP contribution is 2.16. The second kappa shape index (κ2) is 7.48. The third-order valence-electron chi connectivity index (χ3n) is 4.55. The minimum Gasteiger partial charge on any atom is -0.335 e. The van der Waals surface area contributed by atoms with E-state index in [9.17, 15) is 10.1 Å². The van der Waals surface area contributed by atoms with Crippen molar-refractivity contribution in [3.05, 3.63) is 49.9 Å². The number of aryl methyl sites for hydroxylation is 2. The van der Waals surface area contributed by atoms with E-state index in [1.54, 1.807) is 0 Å². The first-order valence-electron chi connectivity index (χ1n) is 8.17. The number of hydrogen-bond donors (Lipinski definition) is 0. The summed E-state index contributed by atoms with van der Waals surface area (Å²) in [5.41, 5.74) is 2.55. The molecule has 7 heteroatoms. The van der Waals surface area contributed by atoms with Gasteiger partial charge in [0.25, 0.3) is 5.91 Å². The van der Waals surface area contributed by atoms with E-state index in [0.29, 0.717) is 30.0 Å². The van der Waals surface area contributed by atoms with Gasteiger partial charge in [-0.25, -0.2) is 0 Å². The first kappa shape index (κ1) is 17.8. The predicted octanol–water partition coefficient (Wildman–Crippen LogP) is 3.18. The van der Waals surface area contributed by atoms with Gasteiger partial charge in [0.15, 0.2) is 0 Å². The van der Waals surface area contributed by atoms with Gasteiger partial charge in [-0.2, -0.15) is 5.26 Å². The molecule has 25 heavy (non-hydrogen) atoms. The van der Waals surface area contributed by atoms with Crippen molar-refractivity contribution in [2.75, 3.05) is 26.2 Å². The number of amides is 1. The van der Waals surface area contributed by atoms with Crippen LogP contribution in [0, 0.1) is 29.8 Å². The van der Waals surface area contributed by atoms with Crippen molar-refractivity contribution in [1.29, 1.82) is 5.26 Å². The highest BCUT2D eigenvalue weighted by atomic mass is 32.1. The summed E-state index contributed by atoms with van der Waals surface area (Å²) >= 11 is 6.99. The van der Waals surface area contributed by atoms with Crippen molar-refractivity contribution >= 4 is 29.5 Å². The van der Waals surface area contributed by atoms with Crippen LogP contribution in [0.3, 0.4) is 0 Å². The molecule has 0 radical (unpaired) electrons. The van der Waals surface area contributed by atoms with E-state index >= 15 is 0 Å². The third kappa shape index (κ3) is 3.66. The van der Waals surface area contributed by atoms with Gasteiger partial charge < -0.3 is 9.47 Å². The van der Waals surface area contributed by atoms with Gasteiger partial charge in [-0.1, -0.05) is 18.3 Å². The highest BCUT2D eigenvalue weighted by molar-refractivity contribution is 7.71. The zero-order valence-electron chi connectivity index (χ0n) is 14.4. The zero-order chi connectivity index (χ0) is 18.0. The van der Waals surface area contributed by atoms with Crippen molar-refractivity contribution in [1.82, 2.24) is 14.4 Å². The first-order chi connectivity index (χ1) is 12.0. The van der Waals surface area contributed by atoms with Crippen molar-refractivity contribution in [3.8, 4) is 6.07 Å². The van der Waals surface area contributed by atoms with E-state index in [4.69, 9.17) is 12.2 Å². The Balaban J connectivity index is 1.68. The molecule has 3 heterocycles. The van der Waals surface area contributed by atoms with Crippen molar-refractivity contribution in [3.63, 3.8) is 0 Å². The summed E-state index contributed by atoms with van der Waals surface area (Å²) in [6.45, 7) is 7.60. The molecule has 1 amide bonds. The minimum atomic E-state index is 0.115. The molecule has 1 aliphatic heterocycles. The molecule has 1 aliphatic rings.